The SMILES string of the molecule is C.Cc1ccc(C2(c3ccc(-c4ccccc4)cc3)c3ccccc3-c3ccccc32)cc1. The Labute approximate surface area is 197 Å². The van der Waals surface area contributed by atoms with Crippen molar-refractivity contribution in [1.29, 1.82) is 0 Å². The van der Waals surface area contributed by atoms with Crippen LogP contribution in [0, 0.1) is 6.92 Å². The summed E-state index contributed by atoms with van der Waals surface area (Å²) in [6.45, 7) is 2.15. The summed E-state index contributed by atoms with van der Waals surface area (Å²) in [6, 6.07) is 46.7. The van der Waals surface area contributed by atoms with Gasteiger partial charge in [-0.2, -0.15) is 0 Å². The van der Waals surface area contributed by atoms with Gasteiger partial charge in [-0.05, 0) is 51.4 Å². The third kappa shape index (κ3) is 3.14. The minimum atomic E-state index is -0.323. The van der Waals surface area contributed by atoms with Crippen molar-refractivity contribution >= 4 is 0 Å². The molecule has 0 aromatic heterocycles. The van der Waals surface area contributed by atoms with Crippen molar-refractivity contribution in [2.24, 2.45) is 0 Å². The maximum atomic E-state index is 2.32. The highest BCUT2D eigenvalue weighted by Gasteiger charge is 2.45. The second kappa shape index (κ2) is 8.22. The number of benzene rings is 5. The highest BCUT2D eigenvalue weighted by Crippen LogP contribution is 2.56. The summed E-state index contributed by atoms with van der Waals surface area (Å²) in [5.41, 5.74) is 11.4. The predicted molar refractivity (Wildman–Crippen MR) is 141 cm³/mol. The van der Waals surface area contributed by atoms with E-state index in [-0.39, 0.29) is 12.8 Å². The van der Waals surface area contributed by atoms with E-state index in [1.807, 2.05) is 0 Å². The fourth-order valence-corrected chi connectivity index (χ4v) is 5.37. The summed E-state index contributed by atoms with van der Waals surface area (Å²) in [5, 5.41) is 0. The van der Waals surface area contributed by atoms with Crippen LogP contribution in [0.15, 0.2) is 127 Å². The Hall–Kier alpha value is -3.90. The Morgan fingerprint density at radius 3 is 1.39 bits per heavy atom. The van der Waals surface area contributed by atoms with Crippen LogP contribution in [0.1, 0.15) is 35.2 Å². The van der Waals surface area contributed by atoms with E-state index >= 15 is 0 Å². The molecular weight excluding hydrogens is 396 g/mol. The van der Waals surface area contributed by atoms with Crippen LogP contribution in [-0.4, -0.2) is 0 Å². The number of hydrogen-bond acceptors (Lipinski definition) is 0. The Kier molecular flexibility index (Phi) is 5.23. The Morgan fingerprint density at radius 2 is 0.848 bits per heavy atom. The molecule has 0 aliphatic heterocycles. The zero-order valence-corrected chi connectivity index (χ0v) is 18.1. The van der Waals surface area contributed by atoms with E-state index < -0.39 is 0 Å². The lowest BCUT2D eigenvalue weighted by atomic mass is 9.67. The maximum Gasteiger partial charge on any atom is 0.0713 e. The molecule has 6 rings (SSSR count). The number of hydrogen-bond donors (Lipinski definition) is 0. The van der Waals surface area contributed by atoms with Crippen molar-refractivity contribution in [3.63, 3.8) is 0 Å². The van der Waals surface area contributed by atoms with Crippen LogP contribution in [0.3, 0.4) is 0 Å². The van der Waals surface area contributed by atoms with Gasteiger partial charge in [-0.25, -0.2) is 0 Å². The van der Waals surface area contributed by atoms with Crippen LogP contribution < -0.4 is 0 Å². The quantitative estimate of drug-likeness (QED) is 0.267. The zero-order valence-electron chi connectivity index (χ0n) is 18.1. The molecule has 5 aromatic rings. The van der Waals surface area contributed by atoms with Gasteiger partial charge >= 0.3 is 0 Å². The molecule has 1 aliphatic carbocycles. The molecule has 0 nitrogen and oxygen atoms in total. The van der Waals surface area contributed by atoms with Crippen molar-refractivity contribution in [3.05, 3.63) is 155 Å². The van der Waals surface area contributed by atoms with Gasteiger partial charge in [0.2, 0.25) is 0 Å². The van der Waals surface area contributed by atoms with Gasteiger partial charge in [0.1, 0.15) is 0 Å². The molecule has 0 heterocycles. The molecule has 0 saturated heterocycles. The van der Waals surface area contributed by atoms with Gasteiger partial charge in [-0.15, -0.1) is 0 Å². The molecule has 1 aliphatic rings. The van der Waals surface area contributed by atoms with E-state index in [4.69, 9.17) is 0 Å². The van der Waals surface area contributed by atoms with Gasteiger partial charge in [-0.1, -0.05) is 140 Å². The lowest BCUT2D eigenvalue weighted by Gasteiger charge is -2.34. The molecule has 0 heteroatoms. The summed E-state index contributed by atoms with van der Waals surface area (Å²) in [5.74, 6) is 0. The van der Waals surface area contributed by atoms with Gasteiger partial charge in [0.05, 0.1) is 5.41 Å². The van der Waals surface area contributed by atoms with Gasteiger partial charge in [-0.3, -0.25) is 0 Å². The average Bonchev–Trinajstić information content (AvgIpc) is 3.17. The van der Waals surface area contributed by atoms with Gasteiger partial charge in [0.15, 0.2) is 0 Å². The van der Waals surface area contributed by atoms with E-state index in [1.165, 1.54) is 50.1 Å². The van der Waals surface area contributed by atoms with Gasteiger partial charge in [0.25, 0.3) is 0 Å². The first-order valence-electron chi connectivity index (χ1n) is 11.2. The van der Waals surface area contributed by atoms with Crippen LogP contribution in [0.5, 0.6) is 0 Å². The second-order valence-electron chi connectivity index (χ2n) is 8.65. The number of aryl methyl sites for hydroxylation is 1. The summed E-state index contributed by atoms with van der Waals surface area (Å²) in [4.78, 5) is 0. The lowest BCUT2D eigenvalue weighted by molar-refractivity contribution is 0.768. The average molecular weight is 425 g/mol. The third-order valence-corrected chi connectivity index (χ3v) is 6.86. The summed E-state index contributed by atoms with van der Waals surface area (Å²) >= 11 is 0. The van der Waals surface area contributed by atoms with E-state index in [1.54, 1.807) is 0 Å². The Morgan fingerprint density at radius 1 is 0.424 bits per heavy atom. The zero-order chi connectivity index (χ0) is 21.5. The molecule has 33 heavy (non-hydrogen) atoms. The molecular formula is C33H28. The minimum Gasteiger partial charge on any atom is -0.0776 e. The Balaban J connectivity index is 0.00000228. The molecule has 160 valence electrons. The first-order valence-corrected chi connectivity index (χ1v) is 11.2. The molecule has 0 fully saturated rings. The summed E-state index contributed by atoms with van der Waals surface area (Å²) < 4.78 is 0. The highest BCUT2D eigenvalue weighted by atomic mass is 14.5. The van der Waals surface area contributed by atoms with E-state index in [0.29, 0.717) is 0 Å². The number of rotatable bonds is 3. The molecule has 0 radical (unpaired) electrons. The van der Waals surface area contributed by atoms with Crippen molar-refractivity contribution < 1.29 is 0 Å². The molecule has 0 unspecified atom stereocenters. The Bertz CT molecular complexity index is 1350. The maximum absolute atomic E-state index is 2.32. The van der Waals surface area contributed by atoms with Crippen LogP contribution in [0.2, 0.25) is 0 Å². The molecule has 0 saturated carbocycles. The van der Waals surface area contributed by atoms with Crippen LogP contribution >= 0.6 is 0 Å². The van der Waals surface area contributed by atoms with Crippen molar-refractivity contribution in [2.45, 2.75) is 19.8 Å². The van der Waals surface area contributed by atoms with E-state index in [0.717, 1.165) is 0 Å². The second-order valence-corrected chi connectivity index (χ2v) is 8.65. The fraction of sp³-hybridized carbons (Fsp3) is 0.0909. The van der Waals surface area contributed by atoms with Crippen molar-refractivity contribution in [1.82, 2.24) is 0 Å². The van der Waals surface area contributed by atoms with E-state index in [2.05, 4.69) is 134 Å². The van der Waals surface area contributed by atoms with Crippen LogP contribution in [0.25, 0.3) is 22.3 Å². The normalized spacial score (nSPS) is 13.0. The third-order valence-electron chi connectivity index (χ3n) is 6.86. The molecule has 0 bridgehead atoms. The smallest absolute Gasteiger partial charge is 0.0713 e. The molecule has 0 amide bonds. The molecule has 0 atom stereocenters. The number of fused-ring (bicyclic) bond motifs is 3. The van der Waals surface area contributed by atoms with Gasteiger partial charge in [0, 0.05) is 0 Å². The molecule has 5 aromatic carbocycles. The van der Waals surface area contributed by atoms with Crippen molar-refractivity contribution in [2.75, 3.05) is 0 Å². The first-order chi connectivity index (χ1) is 15.8. The fourth-order valence-electron chi connectivity index (χ4n) is 5.37. The van der Waals surface area contributed by atoms with Crippen molar-refractivity contribution in [3.8, 4) is 22.3 Å². The van der Waals surface area contributed by atoms with Crippen LogP contribution in [0.4, 0.5) is 0 Å². The summed E-state index contributed by atoms with van der Waals surface area (Å²) in [6.07, 6.45) is 0. The van der Waals surface area contributed by atoms with E-state index in [9.17, 15) is 0 Å². The first kappa shape index (κ1) is 21.0. The topological polar surface area (TPSA) is 0 Å². The standard InChI is InChI=1S/C32H24.CH4/c1-23-15-19-26(20-16-23)32(27-21-17-25(18-22-27)24-9-3-2-4-10-24)30-13-7-5-11-28(30)29-12-6-8-14-31(29)32;/h2-22H,1H3;1H4. The lowest BCUT2D eigenvalue weighted by Crippen LogP contribution is -2.28. The van der Waals surface area contributed by atoms with Crippen LogP contribution in [-0.2, 0) is 5.41 Å². The van der Waals surface area contributed by atoms with Gasteiger partial charge < -0.3 is 0 Å². The molecule has 0 N–H and O–H groups in total. The molecule has 0 spiro atoms. The summed E-state index contributed by atoms with van der Waals surface area (Å²) in [7, 11) is 0. The predicted octanol–water partition coefficient (Wildman–Crippen LogP) is 8.66. The minimum absolute atomic E-state index is 0. The monoisotopic (exact) mass is 424 g/mol. The largest absolute Gasteiger partial charge is 0.0776 e. The highest BCUT2D eigenvalue weighted by molar-refractivity contribution is 5.86.